The van der Waals surface area contributed by atoms with Crippen LogP contribution in [0.25, 0.3) is 0 Å². The summed E-state index contributed by atoms with van der Waals surface area (Å²) in [6, 6.07) is 4.96. The van der Waals surface area contributed by atoms with Crippen LogP contribution >= 0.6 is 15.9 Å². The number of carbonyl (C=O) groups is 1. The van der Waals surface area contributed by atoms with Crippen LogP contribution in [0.2, 0.25) is 0 Å². The smallest absolute Gasteiger partial charge is 0.164 e. The fourth-order valence-electron chi connectivity index (χ4n) is 1.35. The van der Waals surface area contributed by atoms with Gasteiger partial charge < -0.3 is 5.11 Å². The van der Waals surface area contributed by atoms with Gasteiger partial charge in [0.05, 0.1) is 0 Å². The zero-order valence-corrected chi connectivity index (χ0v) is 9.67. The Morgan fingerprint density at radius 3 is 2.79 bits per heavy atom. The quantitative estimate of drug-likeness (QED) is 0.665. The molecule has 1 rings (SSSR count). The van der Waals surface area contributed by atoms with Gasteiger partial charge in [0.1, 0.15) is 5.75 Å². The molecular formula is C11H13BrO2. The molecule has 0 aromatic heterocycles. The number of rotatable bonds is 4. The molecule has 0 saturated heterocycles. The fraction of sp³-hybridized carbons (Fsp3) is 0.364. The zero-order valence-electron chi connectivity index (χ0n) is 8.09. The molecule has 0 heterocycles. The molecule has 14 heavy (non-hydrogen) atoms. The van der Waals surface area contributed by atoms with Crippen molar-refractivity contribution in [3.05, 3.63) is 29.3 Å². The van der Waals surface area contributed by atoms with Gasteiger partial charge in [-0.3, -0.25) is 4.79 Å². The number of aromatic hydroxyl groups is 1. The highest BCUT2D eigenvalue weighted by atomic mass is 79.9. The van der Waals surface area contributed by atoms with E-state index in [1.807, 2.05) is 6.92 Å². The van der Waals surface area contributed by atoms with E-state index < -0.39 is 0 Å². The topological polar surface area (TPSA) is 37.3 Å². The molecule has 0 amide bonds. The van der Waals surface area contributed by atoms with Crippen LogP contribution in [0.3, 0.4) is 0 Å². The second kappa shape index (κ2) is 5.15. The van der Waals surface area contributed by atoms with Crippen LogP contribution in [-0.2, 0) is 6.42 Å². The number of carbonyl (C=O) groups excluding carboxylic acids is 1. The van der Waals surface area contributed by atoms with Gasteiger partial charge in [0, 0.05) is 17.3 Å². The Kier molecular flexibility index (Phi) is 4.14. The Morgan fingerprint density at radius 1 is 1.50 bits per heavy atom. The molecular weight excluding hydrogens is 244 g/mol. The van der Waals surface area contributed by atoms with Crippen LogP contribution in [0.15, 0.2) is 18.2 Å². The molecule has 0 radical (unpaired) electrons. The summed E-state index contributed by atoms with van der Waals surface area (Å²) in [7, 11) is 0. The van der Waals surface area contributed by atoms with Gasteiger partial charge in [0.15, 0.2) is 5.78 Å². The molecule has 3 heteroatoms. The molecule has 0 aliphatic heterocycles. The first-order valence-corrected chi connectivity index (χ1v) is 5.72. The Hall–Kier alpha value is -0.830. The van der Waals surface area contributed by atoms with Gasteiger partial charge in [-0.2, -0.15) is 0 Å². The summed E-state index contributed by atoms with van der Waals surface area (Å²) in [4.78, 5) is 11.6. The van der Waals surface area contributed by atoms with Gasteiger partial charge in [-0.1, -0.05) is 28.9 Å². The van der Waals surface area contributed by atoms with Crippen LogP contribution in [0.5, 0.6) is 5.75 Å². The van der Waals surface area contributed by atoms with Crippen molar-refractivity contribution in [2.45, 2.75) is 19.8 Å². The summed E-state index contributed by atoms with van der Waals surface area (Å²) in [5, 5.41) is 9.94. The summed E-state index contributed by atoms with van der Waals surface area (Å²) in [5.74, 6) is 0.231. The lowest BCUT2D eigenvalue weighted by atomic mass is 10.00. The Morgan fingerprint density at radius 2 is 2.21 bits per heavy atom. The van der Waals surface area contributed by atoms with Gasteiger partial charge in [-0.25, -0.2) is 0 Å². The van der Waals surface area contributed by atoms with E-state index in [4.69, 9.17) is 0 Å². The van der Waals surface area contributed by atoms with E-state index >= 15 is 0 Å². The number of Topliss-reactive ketones (excluding diaryl/α,β-unsaturated/α-hetero) is 1. The molecule has 0 aliphatic rings. The van der Waals surface area contributed by atoms with E-state index in [-0.39, 0.29) is 11.5 Å². The van der Waals surface area contributed by atoms with Gasteiger partial charge in [-0.15, -0.1) is 0 Å². The number of phenols is 1. The number of benzene rings is 1. The van der Waals surface area contributed by atoms with Crippen molar-refractivity contribution < 1.29 is 9.90 Å². The van der Waals surface area contributed by atoms with Crippen molar-refractivity contribution in [1.82, 2.24) is 0 Å². The molecule has 0 fully saturated rings. The van der Waals surface area contributed by atoms with E-state index in [1.165, 1.54) is 0 Å². The lowest BCUT2D eigenvalue weighted by Crippen LogP contribution is -2.03. The van der Waals surface area contributed by atoms with Gasteiger partial charge >= 0.3 is 0 Å². The molecule has 0 aliphatic carbocycles. The van der Waals surface area contributed by atoms with Crippen molar-refractivity contribution in [1.29, 1.82) is 0 Å². The summed E-state index contributed by atoms with van der Waals surface area (Å²) in [6.07, 6.45) is 1.28. The Bertz CT molecular complexity index is 334. The Balaban J connectivity index is 3.03. The second-order valence-electron chi connectivity index (χ2n) is 3.06. The molecule has 1 N–H and O–H groups in total. The summed E-state index contributed by atoms with van der Waals surface area (Å²) in [6.45, 7) is 2.00. The molecule has 0 saturated carbocycles. The van der Waals surface area contributed by atoms with Crippen LogP contribution in [0.4, 0.5) is 0 Å². The third-order valence-corrected chi connectivity index (χ3v) is 2.49. The molecule has 0 spiro atoms. The molecule has 2 nitrogen and oxygen atoms in total. The number of halogens is 1. The number of hydrogen-bond acceptors (Lipinski definition) is 2. The van der Waals surface area contributed by atoms with Crippen molar-refractivity contribution >= 4 is 21.7 Å². The first kappa shape index (κ1) is 11.2. The van der Waals surface area contributed by atoms with Crippen molar-refractivity contribution in [3.8, 4) is 5.75 Å². The fourth-order valence-corrected chi connectivity index (χ4v) is 1.71. The van der Waals surface area contributed by atoms with Gasteiger partial charge in [0.2, 0.25) is 0 Å². The van der Waals surface area contributed by atoms with E-state index in [0.717, 1.165) is 12.0 Å². The highest BCUT2D eigenvalue weighted by Crippen LogP contribution is 2.19. The lowest BCUT2D eigenvalue weighted by Gasteiger charge is -2.06. The number of hydrogen-bond donors (Lipinski definition) is 1. The monoisotopic (exact) mass is 256 g/mol. The maximum atomic E-state index is 11.6. The minimum absolute atomic E-state index is 0.0784. The number of aryl methyl sites for hydroxylation is 1. The predicted octanol–water partition coefficient (Wildman–Crippen LogP) is 2.92. The first-order valence-electron chi connectivity index (χ1n) is 4.60. The molecule has 0 bridgehead atoms. The SMILES string of the molecule is CCc1ccc(O)cc1C(=O)CCBr. The predicted molar refractivity (Wildman–Crippen MR) is 60.2 cm³/mol. The van der Waals surface area contributed by atoms with E-state index in [1.54, 1.807) is 18.2 Å². The van der Waals surface area contributed by atoms with E-state index in [2.05, 4.69) is 15.9 Å². The third kappa shape index (κ3) is 2.58. The minimum atomic E-state index is 0.0784. The number of phenolic OH excluding ortho intramolecular Hbond substituents is 1. The average Bonchev–Trinajstić information content (AvgIpc) is 2.18. The van der Waals surface area contributed by atoms with Crippen molar-refractivity contribution in [2.24, 2.45) is 0 Å². The van der Waals surface area contributed by atoms with Crippen molar-refractivity contribution in [2.75, 3.05) is 5.33 Å². The number of ketones is 1. The summed E-state index contributed by atoms with van der Waals surface area (Å²) >= 11 is 3.23. The molecule has 76 valence electrons. The summed E-state index contributed by atoms with van der Waals surface area (Å²) < 4.78 is 0. The van der Waals surface area contributed by atoms with Gasteiger partial charge in [0.25, 0.3) is 0 Å². The zero-order chi connectivity index (χ0) is 10.6. The largest absolute Gasteiger partial charge is 0.508 e. The first-order chi connectivity index (χ1) is 6.69. The van der Waals surface area contributed by atoms with E-state index in [0.29, 0.717) is 17.3 Å². The van der Waals surface area contributed by atoms with Crippen LogP contribution in [-0.4, -0.2) is 16.2 Å². The standard InChI is InChI=1S/C11H13BrO2/c1-2-8-3-4-9(13)7-10(8)11(14)5-6-12/h3-4,7,13H,2,5-6H2,1H3. The second-order valence-corrected chi connectivity index (χ2v) is 3.85. The molecule has 0 unspecified atom stereocenters. The minimum Gasteiger partial charge on any atom is -0.508 e. The highest BCUT2D eigenvalue weighted by Gasteiger charge is 2.10. The van der Waals surface area contributed by atoms with Crippen molar-refractivity contribution in [3.63, 3.8) is 0 Å². The normalized spacial score (nSPS) is 10.1. The molecule has 1 aromatic rings. The third-order valence-electron chi connectivity index (χ3n) is 2.10. The lowest BCUT2D eigenvalue weighted by molar-refractivity contribution is 0.0988. The summed E-state index contributed by atoms with van der Waals surface area (Å²) in [5.41, 5.74) is 1.64. The van der Waals surface area contributed by atoms with Gasteiger partial charge in [-0.05, 0) is 24.1 Å². The maximum Gasteiger partial charge on any atom is 0.164 e. The van der Waals surface area contributed by atoms with E-state index in [9.17, 15) is 9.90 Å². The molecule has 1 aromatic carbocycles. The highest BCUT2D eigenvalue weighted by molar-refractivity contribution is 9.09. The van der Waals surface area contributed by atoms with Crippen LogP contribution < -0.4 is 0 Å². The van der Waals surface area contributed by atoms with Crippen LogP contribution in [0.1, 0.15) is 29.3 Å². The molecule has 0 atom stereocenters. The maximum absolute atomic E-state index is 11.6. The average molecular weight is 257 g/mol. The number of alkyl halides is 1. The Labute approximate surface area is 92.1 Å². The van der Waals surface area contributed by atoms with Crippen LogP contribution in [0, 0.1) is 0 Å².